The largest absolute Gasteiger partial charge is 0.356 e. The number of anilines is 1. The second kappa shape index (κ2) is 9.83. The van der Waals surface area contributed by atoms with Gasteiger partial charge in [0.25, 0.3) is 0 Å². The maximum Gasteiger partial charge on any atom is 0.235 e. The monoisotopic (exact) mass is 463 g/mol. The van der Waals surface area contributed by atoms with Crippen LogP contribution in [0.2, 0.25) is 0 Å². The number of aryl methyl sites for hydroxylation is 1. The minimum absolute atomic E-state index is 0.145. The van der Waals surface area contributed by atoms with Crippen molar-refractivity contribution in [2.24, 2.45) is 0 Å². The van der Waals surface area contributed by atoms with Gasteiger partial charge in [-0.3, -0.25) is 4.79 Å². The average molecular weight is 463 g/mol. The summed E-state index contributed by atoms with van der Waals surface area (Å²) >= 11 is 0. The molecule has 0 unspecified atom stereocenters. The smallest absolute Gasteiger partial charge is 0.235 e. The van der Waals surface area contributed by atoms with Gasteiger partial charge in [-0.2, -0.15) is 0 Å². The summed E-state index contributed by atoms with van der Waals surface area (Å²) in [5.41, 5.74) is 2.43. The van der Waals surface area contributed by atoms with Crippen LogP contribution in [0.4, 0.5) is 14.5 Å². The maximum atomic E-state index is 13.5. The van der Waals surface area contributed by atoms with Crippen LogP contribution in [0.5, 0.6) is 0 Å². The summed E-state index contributed by atoms with van der Waals surface area (Å²) < 4.78 is 42.7. The van der Waals surface area contributed by atoms with Gasteiger partial charge in [0.05, 0.1) is 25.6 Å². The molecule has 1 radical (unpaired) electrons. The molecule has 1 fully saturated rings. The van der Waals surface area contributed by atoms with Crippen LogP contribution >= 0.6 is 7.94 Å². The highest BCUT2D eigenvalue weighted by Crippen LogP contribution is 2.61. The number of nitrogens with zero attached hydrogens (tertiary/aromatic N) is 1. The Morgan fingerprint density at radius 1 is 1.09 bits per heavy atom. The Balaban J connectivity index is 1.32. The van der Waals surface area contributed by atoms with Crippen LogP contribution in [0.3, 0.4) is 0 Å². The molecule has 0 spiro atoms. The lowest BCUT2D eigenvalue weighted by molar-refractivity contribution is -0.116. The second-order valence-electron chi connectivity index (χ2n) is 7.37. The Labute approximate surface area is 183 Å². The van der Waals surface area contributed by atoms with Crippen molar-refractivity contribution < 1.29 is 32.0 Å². The quantitative estimate of drug-likeness (QED) is 0.485. The third-order valence-electron chi connectivity index (χ3n) is 4.94. The first-order valence-electron chi connectivity index (χ1n) is 10.1. The first kappa shape index (κ1) is 22.5. The normalized spacial score (nSPS) is 15.5. The molecular formula is C22H22F2N2O5P. The molecule has 2 N–H and O–H groups in total. The van der Waals surface area contributed by atoms with Gasteiger partial charge in [0.1, 0.15) is 0 Å². The number of amides is 1. The fourth-order valence-corrected chi connectivity index (χ4v) is 5.07. The predicted molar refractivity (Wildman–Crippen MR) is 115 cm³/mol. The predicted octanol–water partition coefficient (Wildman–Crippen LogP) is 4.88. The van der Waals surface area contributed by atoms with Crippen LogP contribution in [-0.2, 0) is 26.4 Å². The van der Waals surface area contributed by atoms with Crippen molar-refractivity contribution in [1.82, 2.24) is 5.16 Å². The van der Waals surface area contributed by atoms with E-state index in [0.717, 1.165) is 24.1 Å². The van der Waals surface area contributed by atoms with Crippen molar-refractivity contribution in [3.05, 3.63) is 71.4 Å². The highest BCUT2D eigenvalue weighted by molar-refractivity contribution is 7.59. The Hall–Kier alpha value is -2.71. The Morgan fingerprint density at radius 2 is 1.84 bits per heavy atom. The van der Waals surface area contributed by atoms with E-state index in [1.807, 2.05) is 0 Å². The SMILES string of the molecule is O=C(CCc1cnoc1-c1ccc(F)c(F)c1)Nc1ccc(C[P]2(O)OCCCO2)cc1. The van der Waals surface area contributed by atoms with Crippen LogP contribution in [0, 0.1) is 11.6 Å². The van der Waals surface area contributed by atoms with Crippen molar-refractivity contribution in [3.8, 4) is 11.3 Å². The molecular weight excluding hydrogens is 441 g/mol. The average Bonchev–Trinajstić information content (AvgIpc) is 3.25. The fourth-order valence-electron chi connectivity index (χ4n) is 3.31. The molecule has 32 heavy (non-hydrogen) atoms. The van der Waals surface area contributed by atoms with Crippen molar-refractivity contribution in [3.63, 3.8) is 0 Å². The summed E-state index contributed by atoms with van der Waals surface area (Å²) in [4.78, 5) is 22.7. The Kier molecular flexibility index (Phi) is 6.91. The summed E-state index contributed by atoms with van der Waals surface area (Å²) in [5, 5.41) is 6.52. The van der Waals surface area contributed by atoms with E-state index < -0.39 is 19.6 Å². The van der Waals surface area contributed by atoms with Gasteiger partial charge in [-0.15, -0.1) is 0 Å². The third kappa shape index (κ3) is 5.55. The van der Waals surface area contributed by atoms with Crippen LogP contribution in [-0.4, -0.2) is 29.2 Å². The van der Waals surface area contributed by atoms with Crippen LogP contribution in [0.15, 0.2) is 53.2 Å². The number of halogens is 2. The van der Waals surface area contributed by atoms with E-state index in [4.69, 9.17) is 13.6 Å². The molecule has 3 aromatic rings. The molecule has 7 nitrogen and oxygen atoms in total. The summed E-state index contributed by atoms with van der Waals surface area (Å²) in [5.74, 6) is -1.85. The molecule has 1 aliphatic rings. The summed E-state index contributed by atoms with van der Waals surface area (Å²) in [6, 6.07) is 10.5. The molecule has 1 amide bonds. The first-order valence-corrected chi connectivity index (χ1v) is 11.9. The number of benzene rings is 2. The number of nitrogens with one attached hydrogen (secondary N) is 1. The van der Waals surface area contributed by atoms with Crippen molar-refractivity contribution in [2.75, 3.05) is 18.5 Å². The zero-order chi connectivity index (χ0) is 22.6. The van der Waals surface area contributed by atoms with Gasteiger partial charge in [-0.25, -0.2) is 8.78 Å². The number of aromatic nitrogens is 1. The highest BCUT2D eigenvalue weighted by atomic mass is 31.2. The van der Waals surface area contributed by atoms with E-state index >= 15 is 0 Å². The van der Waals surface area contributed by atoms with Crippen molar-refractivity contribution >= 4 is 19.5 Å². The van der Waals surface area contributed by atoms with E-state index in [1.165, 1.54) is 12.3 Å². The molecule has 2 aromatic carbocycles. The lowest BCUT2D eigenvalue weighted by Gasteiger charge is -2.32. The lowest BCUT2D eigenvalue weighted by Crippen LogP contribution is -2.14. The number of carbonyl (C=O) groups excluding carboxylic acids is 1. The highest BCUT2D eigenvalue weighted by Gasteiger charge is 2.30. The van der Waals surface area contributed by atoms with Crippen LogP contribution in [0.25, 0.3) is 11.3 Å². The standard InChI is InChI=1S/C22H22F2N2O5P/c23-19-8-4-16(12-20(19)24)22-17(13-25-31-22)5-9-21(27)26-18-6-2-15(3-7-18)14-32(28)29-10-1-11-30-32/h2-4,6-8,12-13,28H,1,5,9-11,14H2,(H,26,27). The molecule has 0 aliphatic carbocycles. The van der Waals surface area contributed by atoms with Crippen LogP contribution < -0.4 is 5.32 Å². The van der Waals surface area contributed by atoms with E-state index in [0.29, 0.717) is 48.4 Å². The fraction of sp³-hybridized carbons (Fsp3) is 0.273. The van der Waals surface area contributed by atoms with Gasteiger partial charge in [0.2, 0.25) is 13.9 Å². The zero-order valence-electron chi connectivity index (χ0n) is 17.1. The van der Waals surface area contributed by atoms with E-state index in [-0.39, 0.29) is 12.3 Å². The van der Waals surface area contributed by atoms with Gasteiger partial charge in [-0.1, -0.05) is 17.3 Å². The minimum atomic E-state index is -2.85. The Bertz CT molecular complexity index is 1080. The molecule has 1 saturated heterocycles. The lowest BCUT2D eigenvalue weighted by atomic mass is 10.0. The number of hydrogen-bond donors (Lipinski definition) is 2. The number of carbonyl (C=O) groups is 1. The summed E-state index contributed by atoms with van der Waals surface area (Å²) in [6.45, 7) is 0.977. The summed E-state index contributed by atoms with van der Waals surface area (Å²) in [6.07, 6.45) is 2.98. The third-order valence-corrected chi connectivity index (χ3v) is 6.88. The minimum Gasteiger partial charge on any atom is -0.356 e. The van der Waals surface area contributed by atoms with E-state index in [1.54, 1.807) is 24.3 Å². The maximum absolute atomic E-state index is 13.5. The zero-order valence-corrected chi connectivity index (χ0v) is 18.0. The molecule has 169 valence electrons. The molecule has 2 heterocycles. The topological polar surface area (TPSA) is 93.8 Å². The molecule has 0 bridgehead atoms. The number of hydrogen-bond acceptors (Lipinski definition) is 6. The summed E-state index contributed by atoms with van der Waals surface area (Å²) in [7, 11) is -2.85. The number of rotatable bonds is 7. The molecule has 10 heteroatoms. The first-order chi connectivity index (χ1) is 15.4. The van der Waals surface area contributed by atoms with Crippen molar-refractivity contribution in [1.29, 1.82) is 0 Å². The van der Waals surface area contributed by atoms with Crippen LogP contribution in [0.1, 0.15) is 24.0 Å². The molecule has 4 rings (SSSR count). The van der Waals surface area contributed by atoms with E-state index in [9.17, 15) is 18.5 Å². The molecule has 1 aliphatic heterocycles. The van der Waals surface area contributed by atoms with Gasteiger partial charge in [0, 0.05) is 23.2 Å². The van der Waals surface area contributed by atoms with Gasteiger partial charge >= 0.3 is 0 Å². The molecule has 0 atom stereocenters. The molecule has 0 saturated carbocycles. The van der Waals surface area contributed by atoms with E-state index in [2.05, 4.69) is 10.5 Å². The van der Waals surface area contributed by atoms with Gasteiger partial charge in [-0.05, 0) is 48.7 Å². The van der Waals surface area contributed by atoms with Gasteiger partial charge in [0.15, 0.2) is 17.4 Å². The Morgan fingerprint density at radius 3 is 2.56 bits per heavy atom. The van der Waals surface area contributed by atoms with Crippen molar-refractivity contribution in [2.45, 2.75) is 25.4 Å². The van der Waals surface area contributed by atoms with Gasteiger partial charge < -0.3 is 23.8 Å². The second-order valence-corrected chi connectivity index (χ2v) is 9.48. The molecule has 1 aromatic heterocycles.